The molecule has 0 aromatic carbocycles. The van der Waals surface area contributed by atoms with Gasteiger partial charge in [0.2, 0.25) is 0 Å². The molecule has 0 amide bonds. The summed E-state index contributed by atoms with van der Waals surface area (Å²) in [6.07, 6.45) is 4.47. The largest absolute Gasteiger partial charge is 0.481 e. The Morgan fingerprint density at radius 2 is 2.45 bits per heavy atom. The minimum Gasteiger partial charge on any atom is -0.481 e. The van der Waals surface area contributed by atoms with E-state index in [0.717, 1.165) is 0 Å². The van der Waals surface area contributed by atoms with Crippen molar-refractivity contribution in [3.63, 3.8) is 0 Å². The van der Waals surface area contributed by atoms with E-state index in [1.807, 2.05) is 0 Å². The molecule has 0 aliphatic carbocycles. The summed E-state index contributed by atoms with van der Waals surface area (Å²) in [7, 11) is 0. The Morgan fingerprint density at radius 3 is 2.91 bits per heavy atom. The van der Waals surface area contributed by atoms with Gasteiger partial charge in [-0.25, -0.2) is 0 Å². The molecular weight excluding hydrogens is 148 g/mol. The fourth-order valence-corrected chi connectivity index (χ4v) is 0.616. The van der Waals surface area contributed by atoms with Crippen molar-refractivity contribution in [1.29, 1.82) is 0 Å². The molecule has 0 saturated carbocycles. The van der Waals surface area contributed by atoms with Crippen LogP contribution in [0.1, 0.15) is 6.92 Å². The summed E-state index contributed by atoms with van der Waals surface area (Å²) >= 11 is 0. The van der Waals surface area contributed by atoms with Crippen molar-refractivity contribution in [3.05, 3.63) is 24.2 Å². The van der Waals surface area contributed by atoms with Crippen molar-refractivity contribution in [2.75, 3.05) is 0 Å². The van der Waals surface area contributed by atoms with E-state index in [9.17, 15) is 4.79 Å². The van der Waals surface area contributed by atoms with Gasteiger partial charge in [0.15, 0.2) is 5.76 Å². The molecule has 0 aromatic heterocycles. The maximum Gasteiger partial charge on any atom is 0.314 e. The topological polar surface area (TPSA) is 55.8 Å². The molecule has 0 fully saturated rings. The number of carboxylic acids is 1. The Morgan fingerprint density at radius 1 is 1.73 bits per heavy atom. The monoisotopic (exact) mass is 156 g/mol. The molecule has 0 spiro atoms. The average molecular weight is 156 g/mol. The van der Waals surface area contributed by atoms with Crippen LogP contribution in [0.4, 0.5) is 0 Å². The molecule has 60 valence electrons. The van der Waals surface area contributed by atoms with Crippen molar-refractivity contribution in [2.45, 2.75) is 6.92 Å². The van der Waals surface area contributed by atoms with Crippen LogP contribution in [0.15, 0.2) is 24.2 Å². The molecule has 1 N–H and O–H groups in total. The van der Waals surface area contributed by atoms with Gasteiger partial charge in [0, 0.05) is 0 Å². The summed E-state index contributed by atoms with van der Waals surface area (Å²) in [6, 6.07) is 0. The molecule has 1 rings (SSSR count). The van der Waals surface area contributed by atoms with Gasteiger partial charge in [0.05, 0.1) is 0 Å². The second kappa shape index (κ2) is 3.09. The number of hydrogen-bond donors (Lipinski definition) is 1. The highest BCUT2D eigenvalue weighted by molar-refractivity contribution is 5.72. The first kappa shape index (κ1) is 7.65. The van der Waals surface area contributed by atoms with Crippen LogP contribution in [0.5, 0.6) is 0 Å². The fraction of sp³-hybridized carbons (Fsp3) is 0.286. The van der Waals surface area contributed by atoms with E-state index in [1.165, 1.54) is 13.2 Å². The van der Waals surface area contributed by atoms with Crippen LogP contribution in [-0.4, -0.2) is 11.1 Å². The molecule has 1 atom stereocenters. The lowest BCUT2D eigenvalue weighted by Crippen LogP contribution is -2.14. The molecule has 11 heavy (non-hydrogen) atoms. The van der Waals surface area contributed by atoms with Crippen LogP contribution in [0.3, 0.4) is 0 Å². The Bertz CT molecular complexity index is 216. The Kier molecular flexibility index (Phi) is 2.15. The molecule has 1 heterocycles. The molecule has 1 aliphatic rings. The average Bonchev–Trinajstić information content (AvgIpc) is 2.05. The van der Waals surface area contributed by atoms with Gasteiger partial charge in [0.1, 0.15) is 12.2 Å². The van der Waals surface area contributed by atoms with Gasteiger partial charge in [-0.05, 0) is 19.1 Å². The SMILES string of the molecule is CC(C(=O)O)C1=CC=COO1. The molecule has 0 radical (unpaired) electrons. The maximum atomic E-state index is 10.4. The summed E-state index contributed by atoms with van der Waals surface area (Å²) in [5.41, 5.74) is 0. The first-order valence-corrected chi connectivity index (χ1v) is 3.14. The van der Waals surface area contributed by atoms with E-state index in [0.29, 0.717) is 5.76 Å². The third kappa shape index (κ3) is 1.73. The van der Waals surface area contributed by atoms with Crippen molar-refractivity contribution in [2.24, 2.45) is 5.92 Å². The lowest BCUT2D eigenvalue weighted by Gasteiger charge is -2.12. The maximum absolute atomic E-state index is 10.4. The predicted molar refractivity (Wildman–Crippen MR) is 36.2 cm³/mol. The molecule has 0 bridgehead atoms. The highest BCUT2D eigenvalue weighted by atomic mass is 17.2. The third-order valence-electron chi connectivity index (χ3n) is 1.34. The van der Waals surface area contributed by atoms with Gasteiger partial charge in [-0.3, -0.25) is 14.6 Å². The van der Waals surface area contributed by atoms with Crippen molar-refractivity contribution in [1.82, 2.24) is 0 Å². The van der Waals surface area contributed by atoms with E-state index in [4.69, 9.17) is 5.11 Å². The molecule has 1 aliphatic heterocycles. The zero-order valence-electron chi connectivity index (χ0n) is 5.98. The smallest absolute Gasteiger partial charge is 0.314 e. The number of allylic oxidation sites excluding steroid dienone is 2. The van der Waals surface area contributed by atoms with Crippen molar-refractivity contribution >= 4 is 5.97 Å². The van der Waals surface area contributed by atoms with E-state index < -0.39 is 11.9 Å². The van der Waals surface area contributed by atoms with Crippen LogP contribution in [0.25, 0.3) is 0 Å². The quantitative estimate of drug-likeness (QED) is 0.607. The van der Waals surface area contributed by atoms with Gasteiger partial charge in [-0.2, -0.15) is 0 Å². The van der Waals surface area contributed by atoms with E-state index in [2.05, 4.69) is 9.78 Å². The summed E-state index contributed by atoms with van der Waals surface area (Å²) < 4.78 is 0. The van der Waals surface area contributed by atoms with Gasteiger partial charge >= 0.3 is 5.97 Å². The summed E-state index contributed by atoms with van der Waals surface area (Å²) in [4.78, 5) is 19.4. The highest BCUT2D eigenvalue weighted by Crippen LogP contribution is 2.15. The fourth-order valence-electron chi connectivity index (χ4n) is 0.616. The molecule has 1 unspecified atom stereocenters. The van der Waals surface area contributed by atoms with Crippen LogP contribution in [0, 0.1) is 5.92 Å². The lowest BCUT2D eigenvalue weighted by atomic mass is 10.1. The van der Waals surface area contributed by atoms with E-state index in [1.54, 1.807) is 12.2 Å². The van der Waals surface area contributed by atoms with Crippen LogP contribution in [0.2, 0.25) is 0 Å². The van der Waals surface area contributed by atoms with Crippen molar-refractivity contribution in [3.8, 4) is 0 Å². The Hall–Kier alpha value is -1.45. The summed E-state index contributed by atoms with van der Waals surface area (Å²) in [6.45, 7) is 1.52. The number of carboxylic acid groups (broad SMARTS) is 1. The zero-order valence-corrected chi connectivity index (χ0v) is 5.98. The number of rotatable bonds is 2. The summed E-state index contributed by atoms with van der Waals surface area (Å²) in [5.74, 6) is -1.30. The summed E-state index contributed by atoms with van der Waals surface area (Å²) in [5, 5.41) is 8.53. The van der Waals surface area contributed by atoms with Crippen molar-refractivity contribution < 1.29 is 19.7 Å². The van der Waals surface area contributed by atoms with Crippen LogP contribution >= 0.6 is 0 Å². The Balaban J connectivity index is 2.66. The lowest BCUT2D eigenvalue weighted by molar-refractivity contribution is -0.222. The first-order chi connectivity index (χ1) is 5.22. The molecule has 4 heteroatoms. The number of aliphatic carboxylic acids is 1. The van der Waals surface area contributed by atoms with Gasteiger partial charge < -0.3 is 5.11 Å². The number of carbonyl (C=O) groups is 1. The minimum absolute atomic E-state index is 0.306. The molecular formula is C7H8O4. The third-order valence-corrected chi connectivity index (χ3v) is 1.34. The van der Waals surface area contributed by atoms with E-state index in [-0.39, 0.29) is 0 Å². The van der Waals surface area contributed by atoms with Gasteiger partial charge in [0.25, 0.3) is 0 Å². The minimum atomic E-state index is -0.935. The van der Waals surface area contributed by atoms with Gasteiger partial charge in [-0.1, -0.05) is 0 Å². The second-order valence-corrected chi connectivity index (χ2v) is 2.14. The molecule has 0 saturated heterocycles. The highest BCUT2D eigenvalue weighted by Gasteiger charge is 2.19. The Labute approximate surface area is 63.7 Å². The van der Waals surface area contributed by atoms with Crippen LogP contribution < -0.4 is 0 Å². The second-order valence-electron chi connectivity index (χ2n) is 2.14. The van der Waals surface area contributed by atoms with Gasteiger partial charge in [-0.15, -0.1) is 0 Å². The van der Waals surface area contributed by atoms with E-state index >= 15 is 0 Å². The molecule has 4 nitrogen and oxygen atoms in total. The van der Waals surface area contributed by atoms with Crippen LogP contribution in [-0.2, 0) is 14.6 Å². The first-order valence-electron chi connectivity index (χ1n) is 3.14. The standard InChI is InChI=1S/C7H8O4/c1-5(7(8)9)6-3-2-4-10-11-6/h2-5H,1H3,(H,8,9). The number of hydrogen-bond acceptors (Lipinski definition) is 3. The normalized spacial score (nSPS) is 17.7. The predicted octanol–water partition coefficient (Wildman–Crippen LogP) is 1.07. The zero-order chi connectivity index (χ0) is 8.27. The molecule has 0 aromatic rings.